The minimum atomic E-state index is -1.68. The topological polar surface area (TPSA) is 63.6 Å². The summed E-state index contributed by atoms with van der Waals surface area (Å²) < 4.78 is 4.81. The van der Waals surface area contributed by atoms with Gasteiger partial charge >= 0.3 is 11.9 Å². The molecule has 0 saturated heterocycles. The van der Waals surface area contributed by atoms with E-state index >= 15 is 0 Å². The summed E-state index contributed by atoms with van der Waals surface area (Å²) in [5.74, 6) is 8.37. The van der Waals surface area contributed by atoms with Crippen molar-refractivity contribution in [1.82, 2.24) is 0 Å². The first kappa shape index (κ1) is 15.1. The van der Waals surface area contributed by atoms with Gasteiger partial charge in [0.1, 0.15) is 0 Å². The Morgan fingerprint density at radius 3 is 1.94 bits per heavy atom. The molecule has 0 unspecified atom stereocenters. The van der Waals surface area contributed by atoms with Gasteiger partial charge < -0.3 is 9.84 Å². The molecule has 0 fully saturated rings. The summed E-state index contributed by atoms with van der Waals surface area (Å²) in [6.45, 7) is 4.93. The Morgan fingerprint density at radius 2 is 1.65 bits per heavy atom. The van der Waals surface area contributed by atoms with Gasteiger partial charge in [-0.25, -0.2) is 0 Å². The number of carboxylic acid groups (broad SMARTS) is 1. The van der Waals surface area contributed by atoms with Crippen LogP contribution >= 0.6 is 0 Å². The molecule has 0 spiro atoms. The van der Waals surface area contributed by atoms with E-state index in [1.165, 1.54) is 0 Å². The van der Waals surface area contributed by atoms with Crippen LogP contribution in [0.4, 0.5) is 0 Å². The van der Waals surface area contributed by atoms with Crippen LogP contribution in [-0.4, -0.2) is 23.7 Å². The number of esters is 1. The first-order valence-electron chi connectivity index (χ1n) is 5.25. The molecule has 4 nitrogen and oxygen atoms in total. The molecule has 0 rings (SSSR count). The van der Waals surface area contributed by atoms with Crippen molar-refractivity contribution >= 4 is 11.9 Å². The predicted molar refractivity (Wildman–Crippen MR) is 62.8 cm³/mol. The molecule has 92 valence electrons. The molecule has 0 aromatic carbocycles. The Morgan fingerprint density at radius 1 is 1.18 bits per heavy atom. The molecule has 0 radical (unpaired) electrons. The van der Waals surface area contributed by atoms with Gasteiger partial charge in [-0.15, -0.1) is 23.7 Å². The molecule has 17 heavy (non-hydrogen) atoms. The number of hydrogen-bond acceptors (Lipinski definition) is 3. The van der Waals surface area contributed by atoms with Gasteiger partial charge in [-0.2, -0.15) is 0 Å². The van der Waals surface area contributed by atoms with E-state index in [2.05, 4.69) is 23.7 Å². The van der Waals surface area contributed by atoms with Gasteiger partial charge in [0, 0.05) is 12.8 Å². The van der Waals surface area contributed by atoms with Gasteiger partial charge in [-0.3, -0.25) is 9.59 Å². The fourth-order valence-corrected chi connectivity index (χ4v) is 1.19. The molecule has 0 aromatic rings. The first-order chi connectivity index (χ1) is 8.05. The lowest BCUT2D eigenvalue weighted by Gasteiger charge is -2.22. The Labute approximate surface area is 101 Å². The van der Waals surface area contributed by atoms with Crippen LogP contribution < -0.4 is 0 Å². The third-order valence-electron chi connectivity index (χ3n) is 2.21. The molecule has 0 amide bonds. The Bertz CT molecular complexity index is 379. The number of aliphatic carboxylic acids is 1. The zero-order valence-corrected chi connectivity index (χ0v) is 10.3. The highest BCUT2D eigenvalue weighted by atomic mass is 16.5. The number of carbonyl (C=O) groups excluding carboxylic acids is 1. The zero-order valence-electron chi connectivity index (χ0n) is 10.3. The molecular weight excluding hydrogens is 220 g/mol. The summed E-state index contributed by atoms with van der Waals surface area (Å²) in [6.07, 6.45) is -0.182. The number of carbonyl (C=O) groups is 2. The number of carboxylic acids is 1. The van der Waals surface area contributed by atoms with Gasteiger partial charge in [0.15, 0.2) is 5.41 Å². The highest BCUT2D eigenvalue weighted by molar-refractivity contribution is 5.99. The smallest absolute Gasteiger partial charge is 0.325 e. The van der Waals surface area contributed by atoms with Crippen molar-refractivity contribution in [3.8, 4) is 23.7 Å². The van der Waals surface area contributed by atoms with Crippen molar-refractivity contribution in [1.29, 1.82) is 0 Å². The lowest BCUT2D eigenvalue weighted by atomic mass is 9.81. The summed E-state index contributed by atoms with van der Waals surface area (Å²) in [6, 6.07) is 0. The fraction of sp³-hybridized carbons (Fsp3) is 0.538. The van der Waals surface area contributed by atoms with E-state index in [-0.39, 0.29) is 19.4 Å². The average Bonchev–Trinajstić information content (AvgIpc) is 2.29. The van der Waals surface area contributed by atoms with Gasteiger partial charge in [0.25, 0.3) is 0 Å². The van der Waals surface area contributed by atoms with Crippen LogP contribution in [0.5, 0.6) is 0 Å². The summed E-state index contributed by atoms with van der Waals surface area (Å²) >= 11 is 0. The highest BCUT2D eigenvalue weighted by Gasteiger charge is 2.46. The van der Waals surface area contributed by atoms with E-state index in [0.717, 1.165) is 0 Å². The minimum absolute atomic E-state index is 0.0909. The second-order valence-corrected chi connectivity index (χ2v) is 3.31. The molecule has 4 heteroatoms. The third kappa shape index (κ3) is 3.85. The molecule has 0 aliphatic heterocycles. The molecule has 0 atom stereocenters. The van der Waals surface area contributed by atoms with Crippen LogP contribution in [-0.2, 0) is 14.3 Å². The second-order valence-electron chi connectivity index (χ2n) is 3.31. The Hall–Kier alpha value is -1.94. The molecule has 0 aliphatic carbocycles. The van der Waals surface area contributed by atoms with Crippen molar-refractivity contribution in [3.05, 3.63) is 0 Å². The van der Waals surface area contributed by atoms with Crippen LogP contribution in [0.25, 0.3) is 0 Å². The number of hydrogen-bond donors (Lipinski definition) is 1. The quantitative estimate of drug-likeness (QED) is 0.446. The lowest BCUT2D eigenvalue weighted by molar-refractivity contribution is -0.167. The van der Waals surface area contributed by atoms with Crippen LogP contribution in [0.15, 0.2) is 0 Å². The largest absolute Gasteiger partial charge is 0.480 e. The van der Waals surface area contributed by atoms with Crippen molar-refractivity contribution in [3.63, 3.8) is 0 Å². The summed E-state index contributed by atoms with van der Waals surface area (Å²) in [5.41, 5.74) is -1.68. The van der Waals surface area contributed by atoms with E-state index in [0.29, 0.717) is 0 Å². The van der Waals surface area contributed by atoms with Crippen molar-refractivity contribution < 1.29 is 19.4 Å². The summed E-state index contributed by atoms with van der Waals surface area (Å²) in [4.78, 5) is 23.1. The summed E-state index contributed by atoms with van der Waals surface area (Å²) in [7, 11) is 0. The van der Waals surface area contributed by atoms with Gasteiger partial charge in [-0.05, 0) is 20.8 Å². The van der Waals surface area contributed by atoms with Crippen LogP contribution in [0, 0.1) is 29.1 Å². The minimum Gasteiger partial charge on any atom is -0.480 e. The highest BCUT2D eigenvalue weighted by Crippen LogP contribution is 2.28. The average molecular weight is 236 g/mol. The SMILES string of the molecule is CC#CCC(CC#CC)(C(=O)O)C(=O)OCC. The van der Waals surface area contributed by atoms with Crippen molar-refractivity contribution in [2.24, 2.45) is 5.41 Å². The maximum Gasteiger partial charge on any atom is 0.325 e. The summed E-state index contributed by atoms with van der Waals surface area (Å²) in [5, 5.41) is 9.24. The lowest BCUT2D eigenvalue weighted by Crippen LogP contribution is -2.40. The third-order valence-corrected chi connectivity index (χ3v) is 2.21. The van der Waals surface area contributed by atoms with Crippen LogP contribution in [0.3, 0.4) is 0 Å². The van der Waals surface area contributed by atoms with E-state index in [1.54, 1.807) is 20.8 Å². The van der Waals surface area contributed by atoms with E-state index in [1.807, 2.05) is 0 Å². The zero-order chi connectivity index (χ0) is 13.3. The first-order valence-corrected chi connectivity index (χ1v) is 5.25. The van der Waals surface area contributed by atoms with Gasteiger partial charge in [0.2, 0.25) is 0 Å². The maximum absolute atomic E-state index is 11.8. The Balaban J connectivity index is 5.31. The molecule has 0 heterocycles. The van der Waals surface area contributed by atoms with Crippen LogP contribution in [0.1, 0.15) is 33.6 Å². The standard InChI is InChI=1S/C13H16O4/c1-4-7-9-13(11(14)15,10-8-5-2)12(16)17-6-3/h6,9-10H2,1-3H3,(H,14,15). The predicted octanol–water partition coefficient (Wildman–Crippen LogP) is 1.45. The molecule has 0 bridgehead atoms. The van der Waals surface area contributed by atoms with E-state index in [9.17, 15) is 14.7 Å². The molecule has 1 N–H and O–H groups in total. The van der Waals surface area contributed by atoms with Gasteiger partial charge in [0.05, 0.1) is 6.61 Å². The monoisotopic (exact) mass is 236 g/mol. The van der Waals surface area contributed by atoms with E-state index in [4.69, 9.17) is 4.74 Å². The molecule has 0 aliphatic rings. The van der Waals surface area contributed by atoms with Gasteiger partial charge in [-0.1, -0.05) is 0 Å². The number of rotatable bonds is 5. The Kier molecular flexibility index (Phi) is 6.51. The van der Waals surface area contributed by atoms with Crippen LogP contribution in [0.2, 0.25) is 0 Å². The molecule has 0 aromatic heterocycles. The number of ether oxygens (including phenoxy) is 1. The van der Waals surface area contributed by atoms with Crippen molar-refractivity contribution in [2.45, 2.75) is 33.6 Å². The van der Waals surface area contributed by atoms with E-state index < -0.39 is 17.4 Å². The second kappa shape index (κ2) is 7.35. The fourth-order valence-electron chi connectivity index (χ4n) is 1.19. The maximum atomic E-state index is 11.8. The molecular formula is C13H16O4. The normalized spacial score (nSPS) is 9.35. The van der Waals surface area contributed by atoms with Crippen molar-refractivity contribution in [2.75, 3.05) is 6.61 Å². The molecule has 0 saturated carbocycles.